The maximum Gasteiger partial charge on any atom is 0.184 e. The molecule has 0 aromatic heterocycles. The summed E-state index contributed by atoms with van der Waals surface area (Å²) < 4.78 is 5.51. The van der Waals surface area contributed by atoms with Crippen molar-refractivity contribution in [1.29, 1.82) is 0 Å². The second-order valence-electron chi connectivity index (χ2n) is 2.06. The standard InChI is InChI=1S/C7H16OSi/c1-4-7(5-2)8-9-6-3/h6-7H,3-5,9H2,1-2H3. The molecule has 9 heavy (non-hydrogen) atoms. The molecule has 0 spiro atoms. The minimum absolute atomic E-state index is 0.384. The fourth-order valence-electron chi connectivity index (χ4n) is 0.729. The Hall–Kier alpha value is -0.0831. The summed E-state index contributed by atoms with van der Waals surface area (Å²) in [5, 5.41) is 0. The third-order valence-corrected chi connectivity index (χ3v) is 2.26. The number of rotatable bonds is 5. The molecule has 0 aromatic rings. The summed E-state index contributed by atoms with van der Waals surface area (Å²) in [4.78, 5) is 0. The summed E-state index contributed by atoms with van der Waals surface area (Å²) in [5.41, 5.74) is 1.93. The Kier molecular flexibility index (Phi) is 5.99. The molecule has 0 bridgehead atoms. The summed E-state index contributed by atoms with van der Waals surface area (Å²) in [6.45, 7) is 7.95. The maximum absolute atomic E-state index is 5.51. The van der Waals surface area contributed by atoms with Gasteiger partial charge in [0.2, 0.25) is 0 Å². The van der Waals surface area contributed by atoms with E-state index in [1.807, 2.05) is 5.70 Å². The maximum atomic E-state index is 5.51. The van der Waals surface area contributed by atoms with Gasteiger partial charge in [0.05, 0.1) is 0 Å². The van der Waals surface area contributed by atoms with Crippen LogP contribution in [0.5, 0.6) is 0 Å². The van der Waals surface area contributed by atoms with E-state index < -0.39 is 0 Å². The zero-order chi connectivity index (χ0) is 7.11. The van der Waals surface area contributed by atoms with Crippen LogP contribution in [0, 0.1) is 0 Å². The lowest BCUT2D eigenvalue weighted by Crippen LogP contribution is -2.11. The van der Waals surface area contributed by atoms with Crippen LogP contribution in [0.15, 0.2) is 12.3 Å². The van der Waals surface area contributed by atoms with Crippen molar-refractivity contribution in [3.63, 3.8) is 0 Å². The Bertz CT molecular complexity index is 69.3. The van der Waals surface area contributed by atoms with Gasteiger partial charge in [0.15, 0.2) is 9.76 Å². The van der Waals surface area contributed by atoms with Gasteiger partial charge in [0, 0.05) is 6.10 Å². The summed E-state index contributed by atoms with van der Waals surface area (Å²) in [7, 11) is -0.384. The second kappa shape index (κ2) is 6.04. The Morgan fingerprint density at radius 2 is 2.11 bits per heavy atom. The first-order valence-electron chi connectivity index (χ1n) is 3.57. The van der Waals surface area contributed by atoms with E-state index in [9.17, 15) is 0 Å². The molecule has 0 saturated heterocycles. The van der Waals surface area contributed by atoms with Crippen molar-refractivity contribution in [2.45, 2.75) is 32.8 Å². The van der Waals surface area contributed by atoms with Crippen LogP contribution in [0.2, 0.25) is 0 Å². The molecule has 0 saturated carbocycles. The fourth-order valence-corrected chi connectivity index (χ4v) is 1.61. The molecule has 0 N–H and O–H groups in total. The molecule has 0 rings (SSSR count). The van der Waals surface area contributed by atoms with Gasteiger partial charge < -0.3 is 4.43 Å². The Morgan fingerprint density at radius 3 is 2.44 bits per heavy atom. The van der Waals surface area contributed by atoms with Gasteiger partial charge in [0.1, 0.15) is 0 Å². The summed E-state index contributed by atoms with van der Waals surface area (Å²) in [6.07, 6.45) is 2.77. The van der Waals surface area contributed by atoms with Crippen molar-refractivity contribution < 1.29 is 4.43 Å². The highest BCUT2D eigenvalue weighted by Crippen LogP contribution is 2.00. The molecule has 54 valence electrons. The lowest BCUT2D eigenvalue weighted by molar-refractivity contribution is 0.206. The largest absolute Gasteiger partial charge is 0.416 e. The molecule has 0 aromatic carbocycles. The van der Waals surface area contributed by atoms with Crippen LogP contribution in [0.3, 0.4) is 0 Å². The minimum Gasteiger partial charge on any atom is -0.416 e. The van der Waals surface area contributed by atoms with Crippen LogP contribution in [0.25, 0.3) is 0 Å². The van der Waals surface area contributed by atoms with Gasteiger partial charge in [-0.15, -0.1) is 6.58 Å². The predicted molar refractivity (Wildman–Crippen MR) is 44.2 cm³/mol. The van der Waals surface area contributed by atoms with Crippen molar-refractivity contribution in [3.8, 4) is 0 Å². The molecule has 0 unspecified atom stereocenters. The van der Waals surface area contributed by atoms with Crippen LogP contribution >= 0.6 is 0 Å². The number of hydrogen-bond acceptors (Lipinski definition) is 1. The van der Waals surface area contributed by atoms with Crippen LogP contribution in [-0.2, 0) is 4.43 Å². The highest BCUT2D eigenvalue weighted by molar-refractivity contribution is 6.34. The molecule has 0 aliphatic carbocycles. The van der Waals surface area contributed by atoms with Crippen molar-refractivity contribution in [3.05, 3.63) is 12.3 Å². The van der Waals surface area contributed by atoms with Gasteiger partial charge in [-0.3, -0.25) is 0 Å². The van der Waals surface area contributed by atoms with Crippen LogP contribution in [-0.4, -0.2) is 15.9 Å². The van der Waals surface area contributed by atoms with Gasteiger partial charge in [-0.2, -0.15) is 0 Å². The molecule has 0 radical (unpaired) electrons. The SMILES string of the molecule is C=C[SiH2]OC(CC)CC. The summed E-state index contributed by atoms with van der Waals surface area (Å²) >= 11 is 0. The molecule has 0 atom stereocenters. The van der Waals surface area contributed by atoms with E-state index in [4.69, 9.17) is 4.43 Å². The molecule has 0 heterocycles. The van der Waals surface area contributed by atoms with Crippen LogP contribution in [0.4, 0.5) is 0 Å². The third-order valence-electron chi connectivity index (χ3n) is 1.36. The first-order valence-corrected chi connectivity index (χ1v) is 4.97. The molecular weight excluding hydrogens is 128 g/mol. The highest BCUT2D eigenvalue weighted by atomic mass is 28.2. The molecule has 1 nitrogen and oxygen atoms in total. The Balaban J connectivity index is 3.19. The zero-order valence-electron chi connectivity index (χ0n) is 6.39. The van der Waals surface area contributed by atoms with Gasteiger partial charge >= 0.3 is 0 Å². The first-order chi connectivity index (χ1) is 4.35. The van der Waals surface area contributed by atoms with E-state index in [1.165, 1.54) is 0 Å². The quantitative estimate of drug-likeness (QED) is 0.530. The number of hydrogen-bond donors (Lipinski definition) is 0. The van der Waals surface area contributed by atoms with Crippen molar-refractivity contribution >= 4 is 9.76 Å². The van der Waals surface area contributed by atoms with E-state index in [1.54, 1.807) is 0 Å². The molecule has 2 heteroatoms. The smallest absolute Gasteiger partial charge is 0.184 e. The van der Waals surface area contributed by atoms with Crippen molar-refractivity contribution in [1.82, 2.24) is 0 Å². The van der Waals surface area contributed by atoms with Gasteiger partial charge in [0.25, 0.3) is 0 Å². The summed E-state index contributed by atoms with van der Waals surface area (Å²) in [6, 6.07) is 0. The zero-order valence-corrected chi connectivity index (χ0v) is 7.81. The molecule has 0 amide bonds. The van der Waals surface area contributed by atoms with E-state index in [2.05, 4.69) is 20.4 Å². The van der Waals surface area contributed by atoms with Crippen molar-refractivity contribution in [2.24, 2.45) is 0 Å². The van der Waals surface area contributed by atoms with Crippen LogP contribution < -0.4 is 0 Å². The van der Waals surface area contributed by atoms with Gasteiger partial charge in [-0.05, 0) is 12.8 Å². The molecule has 0 aliphatic heterocycles. The van der Waals surface area contributed by atoms with Gasteiger partial charge in [-0.25, -0.2) is 0 Å². The van der Waals surface area contributed by atoms with E-state index in [-0.39, 0.29) is 9.76 Å². The lowest BCUT2D eigenvalue weighted by atomic mass is 10.2. The monoisotopic (exact) mass is 144 g/mol. The highest BCUT2D eigenvalue weighted by Gasteiger charge is 1.99. The minimum atomic E-state index is -0.384. The third kappa shape index (κ3) is 4.42. The molecule has 0 aliphatic rings. The topological polar surface area (TPSA) is 9.23 Å². The van der Waals surface area contributed by atoms with Crippen molar-refractivity contribution in [2.75, 3.05) is 0 Å². The molecular formula is C7H16OSi. The van der Waals surface area contributed by atoms with Crippen LogP contribution in [0.1, 0.15) is 26.7 Å². The Morgan fingerprint density at radius 1 is 1.56 bits per heavy atom. The van der Waals surface area contributed by atoms with E-state index >= 15 is 0 Å². The fraction of sp³-hybridized carbons (Fsp3) is 0.714. The van der Waals surface area contributed by atoms with E-state index in [0.717, 1.165) is 12.8 Å². The predicted octanol–water partition coefficient (Wildman–Crippen LogP) is 1.42. The second-order valence-corrected chi connectivity index (χ2v) is 3.30. The normalized spacial score (nSPS) is 11.4. The first kappa shape index (κ1) is 8.92. The Labute approximate surface area is 60.1 Å². The average molecular weight is 144 g/mol. The summed E-state index contributed by atoms with van der Waals surface area (Å²) in [5.74, 6) is 0. The average Bonchev–Trinajstić information content (AvgIpc) is 1.91. The van der Waals surface area contributed by atoms with E-state index in [0.29, 0.717) is 6.10 Å². The van der Waals surface area contributed by atoms with Gasteiger partial charge in [-0.1, -0.05) is 19.5 Å². The lowest BCUT2D eigenvalue weighted by Gasteiger charge is -2.11. The molecule has 0 fully saturated rings.